The Kier molecular flexibility index (Phi) is 10.8. The third-order valence-electron chi connectivity index (χ3n) is 6.75. The number of amides is 2. The normalized spacial score (nSPS) is 12.2. The topological polar surface area (TPSA) is 86.8 Å². The molecule has 3 aromatic rings. The van der Waals surface area contributed by atoms with Crippen LogP contribution in [0.2, 0.25) is 5.02 Å². The highest BCUT2D eigenvalue weighted by molar-refractivity contribution is 7.92. The summed E-state index contributed by atoms with van der Waals surface area (Å²) in [6, 6.07) is 19.9. The van der Waals surface area contributed by atoms with E-state index in [1.165, 1.54) is 17.0 Å². The molecule has 0 aliphatic heterocycles. The molecule has 2 amide bonds. The van der Waals surface area contributed by atoms with E-state index in [1.807, 2.05) is 26.0 Å². The number of halogens is 1. The summed E-state index contributed by atoms with van der Waals surface area (Å²) in [4.78, 5) is 28.4. The average molecular weight is 584 g/mol. The molecule has 0 bridgehead atoms. The second-order valence-corrected chi connectivity index (χ2v) is 12.4. The minimum absolute atomic E-state index is 0.0456. The maximum Gasteiger partial charge on any atom is 0.264 e. The summed E-state index contributed by atoms with van der Waals surface area (Å²) < 4.78 is 29.0. The summed E-state index contributed by atoms with van der Waals surface area (Å²) in [5.74, 6) is -0.592. The molecule has 1 N–H and O–H groups in total. The number of carbonyl (C=O) groups excluding carboxylic acids is 2. The molecule has 40 heavy (non-hydrogen) atoms. The molecule has 0 unspecified atom stereocenters. The second-order valence-electron chi connectivity index (χ2n) is 10.2. The Morgan fingerprint density at radius 2 is 1.55 bits per heavy atom. The summed E-state index contributed by atoms with van der Waals surface area (Å²) >= 11 is 6.40. The smallest absolute Gasteiger partial charge is 0.264 e. The quantitative estimate of drug-likeness (QED) is 0.287. The highest BCUT2D eigenvalue weighted by atomic mass is 35.5. The van der Waals surface area contributed by atoms with E-state index < -0.39 is 28.5 Å². The van der Waals surface area contributed by atoms with E-state index in [9.17, 15) is 18.0 Å². The molecule has 3 rings (SSSR count). The van der Waals surface area contributed by atoms with Crippen LogP contribution >= 0.6 is 11.6 Å². The number of aryl methyl sites for hydroxylation is 1. The molecular weight excluding hydrogens is 546 g/mol. The first kappa shape index (κ1) is 31.2. The molecule has 0 aliphatic rings. The molecule has 0 fully saturated rings. The van der Waals surface area contributed by atoms with Gasteiger partial charge in [-0.2, -0.15) is 0 Å². The number of nitrogens with one attached hydrogen (secondary N) is 1. The maximum absolute atomic E-state index is 14.0. The number of carbonyl (C=O) groups is 2. The van der Waals surface area contributed by atoms with Gasteiger partial charge in [-0.3, -0.25) is 13.9 Å². The molecule has 0 aromatic heterocycles. The highest BCUT2D eigenvalue weighted by Crippen LogP contribution is 2.27. The summed E-state index contributed by atoms with van der Waals surface area (Å²) in [7, 11) is -4.11. The predicted molar refractivity (Wildman–Crippen MR) is 161 cm³/mol. The zero-order chi connectivity index (χ0) is 29.4. The molecule has 1 atom stereocenters. The Hall–Kier alpha value is -3.36. The zero-order valence-electron chi connectivity index (χ0n) is 23.7. The summed E-state index contributed by atoms with van der Waals surface area (Å²) in [6.45, 7) is 9.57. The lowest BCUT2D eigenvalue weighted by molar-refractivity contribution is -0.139. The third-order valence-corrected chi connectivity index (χ3v) is 8.91. The zero-order valence-corrected chi connectivity index (χ0v) is 25.3. The van der Waals surface area contributed by atoms with Crippen LogP contribution in [0.3, 0.4) is 0 Å². The van der Waals surface area contributed by atoms with Gasteiger partial charge in [0, 0.05) is 18.1 Å². The molecule has 7 nitrogen and oxygen atoms in total. The largest absolute Gasteiger partial charge is 0.354 e. The van der Waals surface area contributed by atoms with Crippen molar-refractivity contribution in [1.29, 1.82) is 0 Å². The van der Waals surface area contributed by atoms with Crippen molar-refractivity contribution < 1.29 is 18.0 Å². The molecule has 214 valence electrons. The standard InChI is InChI=1S/C31H38ClN3O4S/c1-6-19-33-31(37)24(5)34(20-26-9-7-8-10-29(26)32)30(36)21-35(27-15-13-25(14-16-27)22(2)3)40(38,39)28-17-11-23(4)12-18-28/h7-18,22,24H,6,19-21H2,1-5H3,(H,33,37)/t24-/m1/s1. The van der Waals surface area contributed by atoms with Crippen molar-refractivity contribution in [2.75, 3.05) is 17.4 Å². The molecule has 0 aliphatic carbocycles. The minimum atomic E-state index is -4.11. The van der Waals surface area contributed by atoms with Crippen LogP contribution < -0.4 is 9.62 Å². The predicted octanol–water partition coefficient (Wildman–Crippen LogP) is 5.91. The van der Waals surface area contributed by atoms with Gasteiger partial charge in [-0.05, 0) is 67.6 Å². The van der Waals surface area contributed by atoms with Gasteiger partial charge in [0.15, 0.2) is 0 Å². The Balaban J connectivity index is 2.04. The van der Waals surface area contributed by atoms with E-state index in [0.29, 0.717) is 22.8 Å². The van der Waals surface area contributed by atoms with E-state index in [0.717, 1.165) is 21.9 Å². The monoisotopic (exact) mass is 583 g/mol. The fourth-order valence-corrected chi connectivity index (χ4v) is 5.79. The molecule has 9 heteroatoms. The fourth-order valence-electron chi connectivity index (χ4n) is 4.18. The van der Waals surface area contributed by atoms with Crippen molar-refractivity contribution in [2.24, 2.45) is 0 Å². The van der Waals surface area contributed by atoms with Crippen molar-refractivity contribution >= 4 is 39.1 Å². The first-order valence-corrected chi connectivity index (χ1v) is 15.3. The molecule has 0 radical (unpaired) electrons. The van der Waals surface area contributed by atoms with Gasteiger partial charge in [-0.1, -0.05) is 80.4 Å². The van der Waals surface area contributed by atoms with E-state index in [-0.39, 0.29) is 23.3 Å². The van der Waals surface area contributed by atoms with Gasteiger partial charge < -0.3 is 10.2 Å². The first-order valence-electron chi connectivity index (χ1n) is 13.5. The second kappa shape index (κ2) is 13.8. The Morgan fingerprint density at radius 1 is 0.925 bits per heavy atom. The van der Waals surface area contributed by atoms with Crippen molar-refractivity contribution in [3.8, 4) is 0 Å². The summed E-state index contributed by atoms with van der Waals surface area (Å²) in [5, 5.41) is 3.29. The van der Waals surface area contributed by atoms with Crippen LogP contribution in [-0.4, -0.2) is 44.3 Å². The van der Waals surface area contributed by atoms with Crippen LogP contribution in [0.15, 0.2) is 77.7 Å². The van der Waals surface area contributed by atoms with Gasteiger partial charge >= 0.3 is 0 Å². The third kappa shape index (κ3) is 7.64. The van der Waals surface area contributed by atoms with Crippen molar-refractivity contribution in [3.63, 3.8) is 0 Å². The first-order chi connectivity index (χ1) is 18.9. The molecule has 0 spiro atoms. The number of hydrogen-bond acceptors (Lipinski definition) is 4. The summed E-state index contributed by atoms with van der Waals surface area (Å²) in [5.41, 5.74) is 2.98. The summed E-state index contributed by atoms with van der Waals surface area (Å²) in [6.07, 6.45) is 0.742. The van der Waals surface area contributed by atoms with Crippen molar-refractivity contribution in [1.82, 2.24) is 10.2 Å². The van der Waals surface area contributed by atoms with Gasteiger partial charge in [0.05, 0.1) is 10.6 Å². The van der Waals surface area contributed by atoms with E-state index in [1.54, 1.807) is 55.5 Å². The van der Waals surface area contributed by atoms with Crippen LogP contribution in [-0.2, 0) is 26.2 Å². The number of hydrogen-bond donors (Lipinski definition) is 1. The lowest BCUT2D eigenvalue weighted by Gasteiger charge is -2.32. The maximum atomic E-state index is 14.0. The number of sulfonamides is 1. The van der Waals surface area contributed by atoms with Gasteiger partial charge in [0.2, 0.25) is 11.8 Å². The number of anilines is 1. The van der Waals surface area contributed by atoms with Crippen LogP contribution in [0.4, 0.5) is 5.69 Å². The minimum Gasteiger partial charge on any atom is -0.354 e. The Morgan fingerprint density at radius 3 is 2.12 bits per heavy atom. The molecule has 0 saturated heterocycles. The average Bonchev–Trinajstić information content (AvgIpc) is 2.93. The molecule has 0 heterocycles. The number of rotatable bonds is 12. The highest BCUT2D eigenvalue weighted by Gasteiger charge is 2.32. The Bertz CT molecular complexity index is 1410. The lowest BCUT2D eigenvalue weighted by atomic mass is 10.0. The number of nitrogens with zero attached hydrogens (tertiary/aromatic N) is 2. The van der Waals surface area contributed by atoms with Crippen LogP contribution in [0.5, 0.6) is 0 Å². The number of benzene rings is 3. The van der Waals surface area contributed by atoms with Crippen molar-refractivity contribution in [3.05, 3.63) is 94.5 Å². The van der Waals surface area contributed by atoms with Crippen LogP contribution in [0.1, 0.15) is 56.7 Å². The van der Waals surface area contributed by atoms with E-state index >= 15 is 0 Å². The SMILES string of the molecule is CCCNC(=O)[C@@H](C)N(Cc1ccccc1Cl)C(=O)CN(c1ccc(C(C)C)cc1)S(=O)(=O)c1ccc(C)cc1. The van der Waals surface area contributed by atoms with E-state index in [2.05, 4.69) is 19.2 Å². The van der Waals surface area contributed by atoms with Crippen molar-refractivity contribution in [2.45, 2.75) is 64.4 Å². The van der Waals surface area contributed by atoms with E-state index in [4.69, 9.17) is 11.6 Å². The van der Waals surface area contributed by atoms with Gasteiger partial charge in [0.25, 0.3) is 10.0 Å². The molecule has 0 saturated carbocycles. The lowest BCUT2D eigenvalue weighted by Crippen LogP contribution is -2.51. The van der Waals surface area contributed by atoms with Gasteiger partial charge in [-0.25, -0.2) is 8.42 Å². The van der Waals surface area contributed by atoms with Gasteiger partial charge in [-0.15, -0.1) is 0 Å². The molecule has 3 aromatic carbocycles. The van der Waals surface area contributed by atoms with Crippen LogP contribution in [0.25, 0.3) is 0 Å². The molecular formula is C31H38ClN3O4S. The fraction of sp³-hybridized carbons (Fsp3) is 0.355. The van der Waals surface area contributed by atoms with Crippen LogP contribution in [0, 0.1) is 6.92 Å². The Labute approximate surface area is 243 Å². The van der Waals surface area contributed by atoms with Gasteiger partial charge in [0.1, 0.15) is 12.6 Å².